The molecule has 0 aliphatic heterocycles. The third-order valence-electron chi connectivity index (χ3n) is 4.99. The van der Waals surface area contributed by atoms with Gasteiger partial charge in [0.2, 0.25) is 0 Å². The summed E-state index contributed by atoms with van der Waals surface area (Å²) in [5, 5.41) is 4.50. The summed E-state index contributed by atoms with van der Waals surface area (Å²) in [5.41, 5.74) is 3.58. The molecular weight excluding hydrogens is 392 g/mol. The van der Waals surface area contributed by atoms with Crippen molar-refractivity contribution in [2.75, 3.05) is 5.32 Å². The number of benzene rings is 3. The average Bonchev–Trinajstić information content (AvgIpc) is 3.41. The van der Waals surface area contributed by atoms with E-state index in [2.05, 4.69) is 10.3 Å². The molecule has 5 rings (SSSR count). The van der Waals surface area contributed by atoms with Gasteiger partial charge in [-0.25, -0.2) is 0 Å². The number of nitrogens with one attached hydrogen (secondary N) is 2. The molecule has 2 N–H and O–H groups in total. The topological polar surface area (TPSA) is 84.3 Å². The monoisotopic (exact) mass is 410 g/mol. The van der Waals surface area contributed by atoms with Crippen LogP contribution in [0.1, 0.15) is 26.6 Å². The van der Waals surface area contributed by atoms with Crippen molar-refractivity contribution >= 4 is 39.8 Å². The zero-order valence-corrected chi connectivity index (χ0v) is 16.4. The first-order valence-electron chi connectivity index (χ1n) is 9.77. The third kappa shape index (κ3) is 3.91. The molecule has 0 unspecified atom stereocenters. The van der Waals surface area contributed by atoms with E-state index >= 15 is 0 Å². The lowest BCUT2D eigenvalue weighted by Gasteiger charge is -2.06. The smallest absolute Gasteiger partial charge is 0.272 e. The first-order chi connectivity index (χ1) is 15.2. The van der Waals surface area contributed by atoms with E-state index in [0.717, 1.165) is 27.6 Å². The van der Waals surface area contributed by atoms with Crippen molar-refractivity contribution in [1.29, 1.82) is 0 Å². The van der Waals surface area contributed by atoms with Crippen LogP contribution >= 0.6 is 0 Å². The fourth-order valence-electron chi connectivity index (χ4n) is 3.46. The Balaban J connectivity index is 1.32. The molecule has 0 saturated carbocycles. The molecule has 152 valence electrons. The number of carbonyl (C=O) groups is 2. The molecule has 3 aromatic carbocycles. The van der Waals surface area contributed by atoms with Gasteiger partial charge in [0.25, 0.3) is 5.91 Å². The first kappa shape index (κ1) is 18.7. The summed E-state index contributed by atoms with van der Waals surface area (Å²) in [6, 6.07) is 24.3. The number of furan rings is 1. The van der Waals surface area contributed by atoms with E-state index < -0.39 is 0 Å². The molecule has 2 heterocycles. The Hall–Kier alpha value is -4.32. The van der Waals surface area contributed by atoms with E-state index in [1.54, 1.807) is 30.3 Å². The van der Waals surface area contributed by atoms with Crippen molar-refractivity contribution in [1.82, 2.24) is 4.98 Å². The summed E-state index contributed by atoms with van der Waals surface area (Å²) in [6.07, 6.45) is 0.653. The summed E-state index contributed by atoms with van der Waals surface area (Å²) in [7, 11) is 0. The number of carbonyl (C=O) groups excluding carboxylic acids is 2. The van der Waals surface area contributed by atoms with Crippen LogP contribution in [0.5, 0.6) is 5.75 Å². The van der Waals surface area contributed by atoms with Crippen LogP contribution in [-0.4, -0.2) is 17.2 Å². The maximum absolute atomic E-state index is 12.7. The molecule has 6 heteroatoms. The van der Waals surface area contributed by atoms with Crippen LogP contribution in [0.15, 0.2) is 83.3 Å². The third-order valence-corrected chi connectivity index (χ3v) is 4.99. The van der Waals surface area contributed by atoms with Gasteiger partial charge in [0, 0.05) is 22.0 Å². The molecule has 5 aromatic rings. The number of ether oxygens (including phenoxy) is 1. The standard InChI is InChI=1S/C25H18N2O4/c28-14-21-12-18-10-19(6-9-24(18)31-21)26-25(29)23-13-17-11-20(7-8-22(17)27-23)30-15-16-4-2-1-3-5-16/h1-14,27H,15H2,(H,26,29). The van der Waals surface area contributed by atoms with Crippen LogP contribution in [0.2, 0.25) is 0 Å². The molecule has 0 aliphatic carbocycles. The number of hydrogen-bond donors (Lipinski definition) is 2. The normalized spacial score (nSPS) is 11.0. The fraction of sp³-hybridized carbons (Fsp3) is 0.0400. The van der Waals surface area contributed by atoms with Gasteiger partial charge in [-0.2, -0.15) is 0 Å². The number of H-pyrrole nitrogens is 1. The lowest BCUT2D eigenvalue weighted by molar-refractivity contribution is 0.102. The van der Waals surface area contributed by atoms with E-state index in [1.807, 2.05) is 48.5 Å². The Morgan fingerprint density at radius 3 is 2.68 bits per heavy atom. The minimum Gasteiger partial charge on any atom is -0.489 e. The lowest BCUT2D eigenvalue weighted by atomic mass is 10.2. The number of hydrogen-bond acceptors (Lipinski definition) is 4. The summed E-state index contributed by atoms with van der Waals surface area (Å²) in [6.45, 7) is 0.479. The van der Waals surface area contributed by atoms with Gasteiger partial charge in [0.1, 0.15) is 23.6 Å². The number of anilines is 1. The second-order valence-corrected chi connectivity index (χ2v) is 7.18. The maximum Gasteiger partial charge on any atom is 0.272 e. The Bertz CT molecular complexity index is 1400. The molecule has 6 nitrogen and oxygen atoms in total. The lowest BCUT2D eigenvalue weighted by Crippen LogP contribution is -2.11. The van der Waals surface area contributed by atoms with Crippen molar-refractivity contribution in [3.05, 3.63) is 95.9 Å². The fourth-order valence-corrected chi connectivity index (χ4v) is 3.46. The number of aldehydes is 1. The number of amides is 1. The van der Waals surface area contributed by atoms with Gasteiger partial charge in [-0.3, -0.25) is 9.59 Å². The minimum absolute atomic E-state index is 0.249. The molecule has 0 atom stereocenters. The zero-order chi connectivity index (χ0) is 21.2. The summed E-state index contributed by atoms with van der Waals surface area (Å²) < 4.78 is 11.2. The van der Waals surface area contributed by atoms with E-state index in [-0.39, 0.29) is 11.7 Å². The quantitative estimate of drug-likeness (QED) is 0.359. The molecule has 0 spiro atoms. The van der Waals surface area contributed by atoms with Crippen molar-refractivity contribution in [2.45, 2.75) is 6.61 Å². The summed E-state index contributed by atoms with van der Waals surface area (Å²) in [4.78, 5) is 26.7. The van der Waals surface area contributed by atoms with E-state index in [0.29, 0.717) is 29.9 Å². The Kier molecular flexibility index (Phi) is 4.72. The molecule has 31 heavy (non-hydrogen) atoms. The van der Waals surface area contributed by atoms with Crippen molar-refractivity contribution in [3.8, 4) is 5.75 Å². The Morgan fingerprint density at radius 1 is 0.968 bits per heavy atom. The molecule has 0 radical (unpaired) electrons. The van der Waals surface area contributed by atoms with Crippen LogP contribution < -0.4 is 10.1 Å². The van der Waals surface area contributed by atoms with Gasteiger partial charge >= 0.3 is 0 Å². The summed E-state index contributed by atoms with van der Waals surface area (Å²) in [5.74, 6) is 0.722. The summed E-state index contributed by atoms with van der Waals surface area (Å²) >= 11 is 0. The van der Waals surface area contributed by atoms with Crippen molar-refractivity contribution in [3.63, 3.8) is 0 Å². The van der Waals surface area contributed by atoms with Gasteiger partial charge in [-0.1, -0.05) is 30.3 Å². The van der Waals surface area contributed by atoms with E-state index in [9.17, 15) is 9.59 Å². The van der Waals surface area contributed by atoms with E-state index in [1.165, 1.54) is 0 Å². The molecule has 1 amide bonds. The van der Waals surface area contributed by atoms with Gasteiger partial charge in [0.05, 0.1) is 0 Å². The highest BCUT2D eigenvalue weighted by Crippen LogP contribution is 2.25. The largest absolute Gasteiger partial charge is 0.489 e. The Morgan fingerprint density at radius 2 is 1.84 bits per heavy atom. The number of fused-ring (bicyclic) bond motifs is 2. The van der Waals surface area contributed by atoms with Crippen LogP contribution in [0, 0.1) is 0 Å². The van der Waals surface area contributed by atoms with Gasteiger partial charge < -0.3 is 19.5 Å². The molecule has 0 bridgehead atoms. The molecule has 2 aromatic heterocycles. The molecular formula is C25H18N2O4. The number of aromatic nitrogens is 1. The molecule has 0 aliphatic rings. The van der Waals surface area contributed by atoms with Gasteiger partial charge in [-0.15, -0.1) is 0 Å². The van der Waals surface area contributed by atoms with Crippen LogP contribution in [0.3, 0.4) is 0 Å². The predicted molar refractivity (Wildman–Crippen MR) is 119 cm³/mol. The van der Waals surface area contributed by atoms with Gasteiger partial charge in [-0.05, 0) is 54.1 Å². The SMILES string of the molecule is O=Cc1cc2cc(NC(=O)c3cc4cc(OCc5ccccc5)ccc4[nH]3)ccc2o1. The van der Waals surface area contributed by atoms with E-state index in [4.69, 9.17) is 9.15 Å². The highest BCUT2D eigenvalue weighted by atomic mass is 16.5. The minimum atomic E-state index is -0.263. The van der Waals surface area contributed by atoms with Crippen molar-refractivity contribution in [2.24, 2.45) is 0 Å². The average molecular weight is 410 g/mol. The first-order valence-corrected chi connectivity index (χ1v) is 9.77. The Labute approximate surface area is 177 Å². The van der Waals surface area contributed by atoms with Crippen LogP contribution in [0.4, 0.5) is 5.69 Å². The molecule has 0 saturated heterocycles. The highest BCUT2D eigenvalue weighted by Gasteiger charge is 2.12. The predicted octanol–water partition coefficient (Wildman–Crippen LogP) is 5.56. The maximum atomic E-state index is 12.7. The number of aromatic amines is 1. The second-order valence-electron chi connectivity index (χ2n) is 7.18. The van der Waals surface area contributed by atoms with Crippen LogP contribution in [0.25, 0.3) is 21.9 Å². The zero-order valence-electron chi connectivity index (χ0n) is 16.4. The number of rotatable bonds is 6. The van der Waals surface area contributed by atoms with Gasteiger partial charge in [0.15, 0.2) is 12.0 Å². The second kappa shape index (κ2) is 7.84. The highest BCUT2D eigenvalue weighted by molar-refractivity contribution is 6.06. The molecule has 0 fully saturated rings. The van der Waals surface area contributed by atoms with Crippen molar-refractivity contribution < 1.29 is 18.7 Å². The van der Waals surface area contributed by atoms with Crippen LogP contribution in [-0.2, 0) is 6.61 Å².